The van der Waals surface area contributed by atoms with E-state index in [1.54, 1.807) is 31.2 Å². The Balaban J connectivity index is 2.01. The summed E-state index contributed by atoms with van der Waals surface area (Å²) in [5.74, 6) is 0.461. The second-order valence-corrected chi connectivity index (χ2v) is 8.53. The quantitative estimate of drug-likeness (QED) is 0.709. The summed E-state index contributed by atoms with van der Waals surface area (Å²) in [5.41, 5.74) is 0. The zero-order chi connectivity index (χ0) is 16.3. The van der Waals surface area contributed by atoms with Crippen molar-refractivity contribution in [1.29, 1.82) is 0 Å². The summed E-state index contributed by atoms with van der Waals surface area (Å²) in [6, 6.07) is 6.89. The molecule has 1 heterocycles. The maximum atomic E-state index is 12.4. The van der Waals surface area contributed by atoms with E-state index in [2.05, 4.69) is 15.9 Å². The van der Waals surface area contributed by atoms with Gasteiger partial charge in [0.25, 0.3) is 5.91 Å². The fourth-order valence-corrected chi connectivity index (χ4v) is 4.56. The van der Waals surface area contributed by atoms with Crippen LogP contribution in [0.4, 0.5) is 0 Å². The average molecular weight is 391 g/mol. The van der Waals surface area contributed by atoms with Gasteiger partial charge in [0.05, 0.1) is 17.5 Å². The topological polar surface area (TPSA) is 66.9 Å². The first-order valence-electron chi connectivity index (χ1n) is 6.86. The van der Waals surface area contributed by atoms with Crippen LogP contribution < -0.4 is 4.74 Å². The lowest BCUT2D eigenvalue weighted by Crippen LogP contribution is -2.51. The van der Waals surface area contributed by atoms with Crippen molar-refractivity contribution in [1.82, 2.24) is 10.0 Å². The molecule has 1 fully saturated rings. The van der Waals surface area contributed by atoms with Crippen LogP contribution in [0.25, 0.3) is 0 Å². The molecule has 1 atom stereocenters. The van der Waals surface area contributed by atoms with E-state index in [-0.39, 0.29) is 30.1 Å². The molecule has 122 valence electrons. The minimum atomic E-state index is -3.05. The molecule has 1 aromatic carbocycles. The van der Waals surface area contributed by atoms with Crippen LogP contribution >= 0.6 is 15.9 Å². The molecule has 1 aliphatic heterocycles. The fourth-order valence-electron chi connectivity index (χ4n) is 2.49. The normalized spacial score (nSPS) is 20.1. The third kappa shape index (κ3) is 4.44. The van der Waals surface area contributed by atoms with Crippen molar-refractivity contribution in [3.8, 4) is 5.75 Å². The van der Waals surface area contributed by atoms with Crippen molar-refractivity contribution >= 4 is 31.7 Å². The Hall–Kier alpha value is -1.12. The number of hydrogen-bond acceptors (Lipinski definition) is 5. The predicted molar refractivity (Wildman–Crippen MR) is 87.2 cm³/mol. The molecule has 1 unspecified atom stereocenters. The van der Waals surface area contributed by atoms with Crippen molar-refractivity contribution in [2.75, 3.05) is 32.2 Å². The fraction of sp³-hybridized carbons (Fsp3) is 0.500. The highest BCUT2D eigenvalue weighted by Crippen LogP contribution is 2.20. The molecule has 0 radical (unpaired) electrons. The van der Waals surface area contributed by atoms with Crippen molar-refractivity contribution in [3.05, 3.63) is 28.7 Å². The van der Waals surface area contributed by atoms with E-state index in [1.807, 2.05) is 12.1 Å². The van der Waals surface area contributed by atoms with Gasteiger partial charge < -0.3 is 4.74 Å². The SMILES string of the molecule is CN(C)N(C(=O)COc1cccc(Br)c1)C1CCS(=O)(=O)C1. The molecule has 0 N–H and O–H groups in total. The molecule has 0 aromatic heterocycles. The molecular weight excluding hydrogens is 372 g/mol. The van der Waals surface area contributed by atoms with Gasteiger partial charge in [-0.05, 0) is 24.6 Å². The van der Waals surface area contributed by atoms with Gasteiger partial charge in [-0.15, -0.1) is 0 Å². The monoisotopic (exact) mass is 390 g/mol. The number of nitrogens with zero attached hydrogens (tertiary/aromatic N) is 2. The van der Waals surface area contributed by atoms with Crippen LogP contribution in [-0.2, 0) is 14.6 Å². The number of halogens is 1. The summed E-state index contributed by atoms with van der Waals surface area (Å²) in [6.45, 7) is -0.134. The van der Waals surface area contributed by atoms with E-state index in [0.717, 1.165) is 4.47 Å². The lowest BCUT2D eigenvalue weighted by molar-refractivity contribution is -0.151. The molecular formula is C14H19BrN2O4S. The van der Waals surface area contributed by atoms with Gasteiger partial charge in [-0.3, -0.25) is 9.80 Å². The number of sulfone groups is 1. The van der Waals surface area contributed by atoms with Gasteiger partial charge in [0, 0.05) is 18.6 Å². The Morgan fingerprint density at radius 2 is 2.14 bits per heavy atom. The van der Waals surface area contributed by atoms with E-state index in [0.29, 0.717) is 12.2 Å². The van der Waals surface area contributed by atoms with Gasteiger partial charge in [-0.1, -0.05) is 22.0 Å². The third-order valence-corrected chi connectivity index (χ3v) is 5.64. The highest BCUT2D eigenvalue weighted by atomic mass is 79.9. The highest BCUT2D eigenvalue weighted by Gasteiger charge is 2.36. The van der Waals surface area contributed by atoms with E-state index in [9.17, 15) is 13.2 Å². The van der Waals surface area contributed by atoms with Gasteiger partial charge in [0.15, 0.2) is 16.4 Å². The molecule has 0 bridgehead atoms. The van der Waals surface area contributed by atoms with Gasteiger partial charge in [-0.2, -0.15) is 0 Å². The lowest BCUT2D eigenvalue weighted by Gasteiger charge is -2.33. The molecule has 0 spiro atoms. The van der Waals surface area contributed by atoms with Gasteiger partial charge >= 0.3 is 0 Å². The summed E-state index contributed by atoms with van der Waals surface area (Å²) < 4.78 is 29.6. The molecule has 22 heavy (non-hydrogen) atoms. The highest BCUT2D eigenvalue weighted by molar-refractivity contribution is 9.10. The molecule has 1 saturated heterocycles. The third-order valence-electron chi connectivity index (χ3n) is 3.40. The number of benzene rings is 1. The number of carbonyl (C=O) groups is 1. The largest absolute Gasteiger partial charge is 0.484 e. The van der Waals surface area contributed by atoms with Crippen LogP contribution in [0.5, 0.6) is 5.75 Å². The van der Waals surface area contributed by atoms with Crippen molar-refractivity contribution < 1.29 is 17.9 Å². The molecule has 1 aromatic rings. The zero-order valence-electron chi connectivity index (χ0n) is 12.5. The van der Waals surface area contributed by atoms with Crippen LogP contribution in [0, 0.1) is 0 Å². The van der Waals surface area contributed by atoms with Crippen molar-refractivity contribution in [3.63, 3.8) is 0 Å². The summed E-state index contributed by atoms with van der Waals surface area (Å²) >= 11 is 3.34. The van der Waals surface area contributed by atoms with Crippen molar-refractivity contribution in [2.45, 2.75) is 12.5 Å². The standard InChI is InChI=1S/C14H19BrN2O4S/c1-16(2)17(12-6-7-22(19,20)10-12)14(18)9-21-13-5-3-4-11(15)8-13/h3-5,8,12H,6-7,9-10H2,1-2H3. The lowest BCUT2D eigenvalue weighted by atomic mass is 10.2. The van der Waals surface area contributed by atoms with E-state index in [1.165, 1.54) is 5.01 Å². The first-order valence-corrected chi connectivity index (χ1v) is 9.48. The molecule has 1 amide bonds. The summed E-state index contributed by atoms with van der Waals surface area (Å²) in [6.07, 6.45) is 0.461. The molecule has 6 nitrogen and oxygen atoms in total. The molecule has 8 heteroatoms. The molecule has 1 aliphatic rings. The second-order valence-electron chi connectivity index (χ2n) is 5.39. The number of hydrogen-bond donors (Lipinski definition) is 0. The summed E-state index contributed by atoms with van der Waals surface area (Å²) in [7, 11) is 0.400. The first kappa shape index (κ1) is 17.2. The van der Waals surface area contributed by atoms with Crippen LogP contribution in [0.15, 0.2) is 28.7 Å². The van der Waals surface area contributed by atoms with Crippen molar-refractivity contribution in [2.24, 2.45) is 0 Å². The Labute approximate surface area is 139 Å². The zero-order valence-corrected chi connectivity index (χ0v) is 14.9. The van der Waals surface area contributed by atoms with E-state index >= 15 is 0 Å². The van der Waals surface area contributed by atoms with Crippen LogP contribution in [0.1, 0.15) is 6.42 Å². The van der Waals surface area contributed by atoms with Crippen LogP contribution in [0.2, 0.25) is 0 Å². The minimum Gasteiger partial charge on any atom is -0.484 e. The maximum absolute atomic E-state index is 12.4. The number of amides is 1. The van der Waals surface area contributed by atoms with Gasteiger partial charge in [0.1, 0.15) is 5.75 Å². The number of ether oxygens (including phenoxy) is 1. The molecule has 2 rings (SSSR count). The number of hydrazine groups is 1. The Morgan fingerprint density at radius 1 is 1.41 bits per heavy atom. The van der Waals surface area contributed by atoms with Crippen LogP contribution in [-0.4, -0.2) is 62.6 Å². The predicted octanol–water partition coefficient (Wildman–Crippen LogP) is 1.32. The first-order chi connectivity index (χ1) is 10.3. The smallest absolute Gasteiger partial charge is 0.275 e. The molecule has 0 aliphatic carbocycles. The minimum absolute atomic E-state index is 0.00774. The number of carbonyl (C=O) groups excluding carboxylic acids is 1. The van der Waals surface area contributed by atoms with E-state index in [4.69, 9.17) is 4.74 Å². The van der Waals surface area contributed by atoms with Crippen LogP contribution in [0.3, 0.4) is 0 Å². The summed E-state index contributed by atoms with van der Waals surface area (Å²) in [4.78, 5) is 12.4. The average Bonchev–Trinajstić information content (AvgIpc) is 2.76. The Morgan fingerprint density at radius 3 is 2.68 bits per heavy atom. The van der Waals surface area contributed by atoms with Gasteiger partial charge in [-0.25, -0.2) is 13.4 Å². The number of rotatable bonds is 5. The second kappa shape index (κ2) is 6.97. The van der Waals surface area contributed by atoms with Gasteiger partial charge in [0.2, 0.25) is 0 Å². The molecule has 0 saturated carbocycles. The Kier molecular flexibility index (Phi) is 5.46. The van der Waals surface area contributed by atoms with E-state index < -0.39 is 9.84 Å². The maximum Gasteiger partial charge on any atom is 0.275 e. The Bertz CT molecular complexity index is 648. The summed E-state index contributed by atoms with van der Waals surface area (Å²) in [5, 5.41) is 3.10.